The van der Waals surface area contributed by atoms with Gasteiger partial charge in [-0.05, 0) is 73.8 Å². The molecule has 1 nitrogen and oxygen atoms in total. The summed E-state index contributed by atoms with van der Waals surface area (Å²) < 4.78 is 1.21. The molecule has 0 radical (unpaired) electrons. The highest BCUT2D eigenvalue weighted by atomic mass is 32.1. The molecule has 9 rings (SSSR count). The minimum atomic E-state index is -0.315. The second-order valence-corrected chi connectivity index (χ2v) is 11.7. The fourth-order valence-corrected chi connectivity index (χ4v) is 8.09. The molecule has 0 saturated heterocycles. The number of fused-ring (bicyclic) bond motifs is 11. The van der Waals surface area contributed by atoms with E-state index in [-0.39, 0.29) is 5.41 Å². The third-order valence-electron chi connectivity index (χ3n) is 8.74. The lowest BCUT2D eigenvalue weighted by Gasteiger charge is -2.30. The Bertz CT molecular complexity index is 2050. The summed E-state index contributed by atoms with van der Waals surface area (Å²) in [5.41, 5.74) is 15.2. The molecule has 0 fully saturated rings. The van der Waals surface area contributed by atoms with E-state index in [1.165, 1.54) is 65.9 Å². The smallest absolute Gasteiger partial charge is 0.124 e. The van der Waals surface area contributed by atoms with E-state index >= 15 is 0 Å². The third kappa shape index (κ3) is 2.84. The Morgan fingerprint density at radius 3 is 1.60 bits per heavy atom. The van der Waals surface area contributed by atoms with E-state index < -0.39 is 0 Å². The number of hydrogen-bond acceptors (Lipinski definition) is 2. The standard InChI is InChI=1S/C38H23NS/c1-2-10-24(11-3-1)37-39-35-21-19-26(23-36(35)40-37)25-18-20-30-29-14-6-9-17-33(29)38(34(30)22-25)31-15-7-4-12-27(31)28-13-5-8-16-32(28)38/h1-23H. The van der Waals surface area contributed by atoms with E-state index in [1.807, 2.05) is 0 Å². The van der Waals surface area contributed by atoms with E-state index in [1.54, 1.807) is 11.3 Å². The quantitative estimate of drug-likeness (QED) is 0.219. The van der Waals surface area contributed by atoms with Crippen molar-refractivity contribution < 1.29 is 0 Å². The third-order valence-corrected chi connectivity index (χ3v) is 9.81. The van der Waals surface area contributed by atoms with Crippen LogP contribution in [0.3, 0.4) is 0 Å². The molecule has 0 bridgehead atoms. The van der Waals surface area contributed by atoms with Crippen LogP contribution in [0.25, 0.3) is 54.2 Å². The molecule has 2 aliphatic carbocycles. The van der Waals surface area contributed by atoms with Crippen molar-refractivity contribution in [1.82, 2.24) is 4.98 Å². The SMILES string of the molecule is c1ccc(-c2nc3ccc(-c4ccc5c(c4)C4(c6ccccc6-c6ccccc64)c4ccccc4-5)cc3s2)cc1. The van der Waals surface area contributed by atoms with Crippen molar-refractivity contribution in [2.75, 3.05) is 0 Å². The summed E-state index contributed by atoms with van der Waals surface area (Å²) in [7, 11) is 0. The summed E-state index contributed by atoms with van der Waals surface area (Å²) in [5, 5.41) is 1.07. The highest BCUT2D eigenvalue weighted by Crippen LogP contribution is 2.63. The van der Waals surface area contributed by atoms with Crippen LogP contribution in [0.2, 0.25) is 0 Å². The average Bonchev–Trinajstić information content (AvgIpc) is 3.68. The van der Waals surface area contributed by atoms with Gasteiger partial charge in [0, 0.05) is 5.56 Å². The molecule has 0 atom stereocenters. The molecular formula is C38H23NS. The first kappa shape index (κ1) is 22.1. The van der Waals surface area contributed by atoms with Gasteiger partial charge in [-0.15, -0.1) is 11.3 Å². The van der Waals surface area contributed by atoms with Gasteiger partial charge in [0.25, 0.3) is 0 Å². The Hall–Kier alpha value is -4.79. The largest absolute Gasteiger partial charge is 0.236 e. The van der Waals surface area contributed by atoms with Crippen LogP contribution in [-0.2, 0) is 5.41 Å². The van der Waals surface area contributed by atoms with Crippen molar-refractivity contribution in [3.8, 4) is 44.0 Å². The number of thiazole rings is 1. The maximum absolute atomic E-state index is 4.93. The molecule has 1 aromatic heterocycles. The van der Waals surface area contributed by atoms with Crippen LogP contribution in [0.1, 0.15) is 22.3 Å². The Balaban J connectivity index is 1.28. The van der Waals surface area contributed by atoms with Crippen LogP contribution >= 0.6 is 11.3 Å². The minimum absolute atomic E-state index is 0.315. The van der Waals surface area contributed by atoms with Gasteiger partial charge in [0.2, 0.25) is 0 Å². The number of nitrogens with zero attached hydrogens (tertiary/aromatic N) is 1. The molecule has 186 valence electrons. The van der Waals surface area contributed by atoms with Crippen molar-refractivity contribution in [2.45, 2.75) is 5.41 Å². The van der Waals surface area contributed by atoms with Crippen molar-refractivity contribution >= 4 is 21.6 Å². The second-order valence-electron chi connectivity index (χ2n) is 10.7. The maximum Gasteiger partial charge on any atom is 0.124 e. The second kappa shape index (κ2) is 8.11. The fourth-order valence-electron chi connectivity index (χ4n) is 7.08. The Morgan fingerprint density at radius 1 is 0.425 bits per heavy atom. The molecule has 0 unspecified atom stereocenters. The molecule has 40 heavy (non-hydrogen) atoms. The van der Waals surface area contributed by atoms with Gasteiger partial charge in [-0.3, -0.25) is 0 Å². The van der Waals surface area contributed by atoms with Crippen molar-refractivity contribution in [3.05, 3.63) is 162 Å². The van der Waals surface area contributed by atoms with Gasteiger partial charge in [0.05, 0.1) is 15.6 Å². The summed E-state index contributed by atoms with van der Waals surface area (Å²) >= 11 is 1.76. The van der Waals surface area contributed by atoms with Crippen LogP contribution in [0.15, 0.2) is 140 Å². The van der Waals surface area contributed by atoms with Crippen molar-refractivity contribution in [1.29, 1.82) is 0 Å². The highest BCUT2D eigenvalue weighted by Gasteiger charge is 2.51. The van der Waals surface area contributed by atoms with Gasteiger partial charge < -0.3 is 0 Å². The molecule has 1 heterocycles. The number of hydrogen-bond donors (Lipinski definition) is 0. The van der Waals surface area contributed by atoms with E-state index in [0.29, 0.717) is 0 Å². The van der Waals surface area contributed by atoms with Crippen molar-refractivity contribution in [3.63, 3.8) is 0 Å². The van der Waals surface area contributed by atoms with Crippen LogP contribution in [0.4, 0.5) is 0 Å². The topological polar surface area (TPSA) is 12.9 Å². The molecule has 1 spiro atoms. The van der Waals surface area contributed by atoms with Gasteiger partial charge in [-0.2, -0.15) is 0 Å². The van der Waals surface area contributed by atoms with Crippen LogP contribution in [0, 0.1) is 0 Å². The minimum Gasteiger partial charge on any atom is -0.236 e. The van der Waals surface area contributed by atoms with Gasteiger partial charge in [-0.25, -0.2) is 4.98 Å². The van der Waals surface area contributed by atoms with Crippen LogP contribution in [0.5, 0.6) is 0 Å². The number of benzene rings is 6. The van der Waals surface area contributed by atoms with E-state index in [9.17, 15) is 0 Å². The molecule has 0 saturated carbocycles. The van der Waals surface area contributed by atoms with Crippen LogP contribution < -0.4 is 0 Å². The lowest BCUT2D eigenvalue weighted by Crippen LogP contribution is -2.25. The maximum atomic E-state index is 4.93. The Morgan fingerprint density at radius 2 is 0.950 bits per heavy atom. The Kier molecular flexibility index (Phi) is 4.47. The molecule has 0 aliphatic heterocycles. The number of rotatable bonds is 2. The van der Waals surface area contributed by atoms with Gasteiger partial charge in [-0.1, -0.05) is 121 Å². The first-order chi connectivity index (χ1) is 19.8. The molecule has 2 heteroatoms. The van der Waals surface area contributed by atoms with E-state index in [2.05, 4.69) is 140 Å². The first-order valence-corrected chi connectivity index (χ1v) is 14.5. The first-order valence-electron chi connectivity index (χ1n) is 13.7. The predicted molar refractivity (Wildman–Crippen MR) is 167 cm³/mol. The number of aromatic nitrogens is 1. The molecule has 0 amide bonds. The lowest BCUT2D eigenvalue weighted by atomic mass is 9.70. The summed E-state index contributed by atoms with van der Waals surface area (Å²) in [4.78, 5) is 4.93. The molecule has 0 N–H and O–H groups in total. The molecule has 7 aromatic rings. The van der Waals surface area contributed by atoms with Gasteiger partial charge >= 0.3 is 0 Å². The van der Waals surface area contributed by atoms with Gasteiger partial charge in [0.15, 0.2) is 0 Å². The Labute approximate surface area is 237 Å². The van der Waals surface area contributed by atoms with Gasteiger partial charge in [0.1, 0.15) is 5.01 Å². The summed E-state index contributed by atoms with van der Waals surface area (Å²) in [6.07, 6.45) is 0. The summed E-state index contributed by atoms with van der Waals surface area (Å²) in [6.45, 7) is 0. The van der Waals surface area contributed by atoms with Crippen LogP contribution in [-0.4, -0.2) is 4.98 Å². The molecule has 2 aliphatic rings. The van der Waals surface area contributed by atoms with E-state index in [4.69, 9.17) is 4.98 Å². The summed E-state index contributed by atoms with van der Waals surface area (Å²) in [6, 6.07) is 51.2. The summed E-state index contributed by atoms with van der Waals surface area (Å²) in [5.74, 6) is 0. The lowest BCUT2D eigenvalue weighted by molar-refractivity contribution is 0.794. The molecular weight excluding hydrogens is 502 g/mol. The normalized spacial score (nSPS) is 13.7. The zero-order valence-electron chi connectivity index (χ0n) is 21.6. The molecule has 6 aromatic carbocycles. The van der Waals surface area contributed by atoms with Crippen molar-refractivity contribution in [2.24, 2.45) is 0 Å². The average molecular weight is 526 g/mol. The zero-order chi connectivity index (χ0) is 26.3. The predicted octanol–water partition coefficient (Wildman–Crippen LogP) is 9.97. The zero-order valence-corrected chi connectivity index (χ0v) is 22.5. The van der Waals surface area contributed by atoms with E-state index in [0.717, 1.165) is 10.5 Å². The fraction of sp³-hybridized carbons (Fsp3) is 0.0263. The monoisotopic (exact) mass is 525 g/mol. The highest BCUT2D eigenvalue weighted by molar-refractivity contribution is 7.21.